The van der Waals surface area contributed by atoms with Crippen LogP contribution in [0, 0.1) is 20.8 Å². The van der Waals surface area contributed by atoms with Crippen molar-refractivity contribution in [1.29, 1.82) is 0 Å². The Morgan fingerprint density at radius 3 is 2.33 bits per heavy atom. The zero-order valence-corrected chi connectivity index (χ0v) is 14.0. The van der Waals surface area contributed by atoms with E-state index >= 15 is 0 Å². The molecule has 0 unspecified atom stereocenters. The SMILES string of the molecule is CCNC(=NCc1c(C)cc(C)cc1C)NCCOCC. The Balaban J connectivity index is 2.69. The Hall–Kier alpha value is -1.55. The summed E-state index contributed by atoms with van der Waals surface area (Å²) < 4.78 is 5.33. The van der Waals surface area contributed by atoms with Gasteiger partial charge in [0.2, 0.25) is 0 Å². The second-order valence-corrected chi connectivity index (χ2v) is 5.20. The van der Waals surface area contributed by atoms with E-state index in [2.05, 4.69) is 55.5 Å². The third-order valence-electron chi connectivity index (χ3n) is 3.32. The molecule has 1 aromatic rings. The van der Waals surface area contributed by atoms with E-state index in [0.29, 0.717) is 13.2 Å². The minimum atomic E-state index is 0.696. The topological polar surface area (TPSA) is 45.7 Å². The maximum atomic E-state index is 5.33. The highest BCUT2D eigenvalue weighted by atomic mass is 16.5. The first-order valence-corrected chi connectivity index (χ1v) is 7.75. The van der Waals surface area contributed by atoms with Crippen molar-refractivity contribution in [3.63, 3.8) is 0 Å². The van der Waals surface area contributed by atoms with E-state index < -0.39 is 0 Å². The maximum Gasteiger partial charge on any atom is 0.191 e. The van der Waals surface area contributed by atoms with Gasteiger partial charge in [-0.3, -0.25) is 0 Å². The van der Waals surface area contributed by atoms with Gasteiger partial charge >= 0.3 is 0 Å². The average molecular weight is 291 g/mol. The molecule has 0 aliphatic heterocycles. The van der Waals surface area contributed by atoms with Crippen molar-refractivity contribution < 1.29 is 4.74 Å². The molecule has 0 spiro atoms. The normalized spacial score (nSPS) is 11.6. The lowest BCUT2D eigenvalue weighted by Gasteiger charge is -2.13. The molecule has 0 aliphatic carbocycles. The van der Waals surface area contributed by atoms with Crippen LogP contribution in [0.2, 0.25) is 0 Å². The van der Waals surface area contributed by atoms with E-state index in [0.717, 1.165) is 25.7 Å². The van der Waals surface area contributed by atoms with Gasteiger partial charge in [0.1, 0.15) is 0 Å². The van der Waals surface area contributed by atoms with Crippen molar-refractivity contribution in [3.05, 3.63) is 34.4 Å². The molecule has 4 heteroatoms. The molecule has 0 saturated heterocycles. The van der Waals surface area contributed by atoms with Crippen LogP contribution in [0.1, 0.15) is 36.1 Å². The highest BCUT2D eigenvalue weighted by molar-refractivity contribution is 5.79. The quantitative estimate of drug-likeness (QED) is 0.461. The van der Waals surface area contributed by atoms with Crippen LogP contribution in [0.15, 0.2) is 17.1 Å². The number of hydrogen-bond acceptors (Lipinski definition) is 2. The number of hydrogen-bond donors (Lipinski definition) is 2. The Kier molecular flexibility index (Phi) is 7.83. The molecule has 2 N–H and O–H groups in total. The van der Waals surface area contributed by atoms with Crippen molar-refractivity contribution in [2.45, 2.75) is 41.2 Å². The van der Waals surface area contributed by atoms with Gasteiger partial charge in [0, 0.05) is 19.7 Å². The fourth-order valence-corrected chi connectivity index (χ4v) is 2.35. The van der Waals surface area contributed by atoms with Gasteiger partial charge in [-0.15, -0.1) is 0 Å². The number of ether oxygens (including phenoxy) is 1. The molecule has 1 rings (SSSR count). The lowest BCUT2D eigenvalue weighted by molar-refractivity contribution is 0.152. The molecule has 0 fully saturated rings. The molecular formula is C17H29N3O. The molecule has 0 radical (unpaired) electrons. The fourth-order valence-electron chi connectivity index (χ4n) is 2.35. The van der Waals surface area contributed by atoms with Crippen molar-refractivity contribution in [2.75, 3.05) is 26.3 Å². The second-order valence-electron chi connectivity index (χ2n) is 5.20. The third kappa shape index (κ3) is 6.17. The average Bonchev–Trinajstić information content (AvgIpc) is 2.42. The minimum absolute atomic E-state index is 0.696. The summed E-state index contributed by atoms with van der Waals surface area (Å²) in [7, 11) is 0. The predicted octanol–water partition coefficient (Wildman–Crippen LogP) is 2.70. The monoisotopic (exact) mass is 291 g/mol. The smallest absolute Gasteiger partial charge is 0.191 e. The number of rotatable bonds is 7. The number of nitrogens with one attached hydrogen (secondary N) is 2. The van der Waals surface area contributed by atoms with E-state index in [1.54, 1.807) is 0 Å². The molecule has 0 aliphatic rings. The summed E-state index contributed by atoms with van der Waals surface area (Å²) in [6.07, 6.45) is 0. The Morgan fingerprint density at radius 2 is 1.76 bits per heavy atom. The molecule has 1 aromatic carbocycles. The van der Waals surface area contributed by atoms with Gasteiger partial charge in [-0.05, 0) is 51.3 Å². The Labute approximate surface area is 129 Å². The van der Waals surface area contributed by atoms with Crippen LogP contribution in [0.4, 0.5) is 0 Å². The van der Waals surface area contributed by atoms with Crippen LogP contribution in [0.25, 0.3) is 0 Å². The number of aryl methyl sites for hydroxylation is 3. The molecule has 0 aromatic heterocycles. The molecule has 118 valence electrons. The Morgan fingerprint density at radius 1 is 1.10 bits per heavy atom. The second kappa shape index (κ2) is 9.40. The summed E-state index contributed by atoms with van der Waals surface area (Å²) in [6.45, 7) is 14.3. The van der Waals surface area contributed by atoms with E-state index in [1.165, 1.54) is 22.3 Å². The number of nitrogens with zero attached hydrogens (tertiary/aromatic N) is 1. The first-order valence-electron chi connectivity index (χ1n) is 7.75. The number of guanidine groups is 1. The van der Waals surface area contributed by atoms with Crippen LogP contribution in [0.3, 0.4) is 0 Å². The summed E-state index contributed by atoms with van der Waals surface area (Å²) in [4.78, 5) is 4.67. The summed E-state index contributed by atoms with van der Waals surface area (Å²) in [5, 5.41) is 6.55. The van der Waals surface area contributed by atoms with E-state index in [-0.39, 0.29) is 0 Å². The molecule has 21 heavy (non-hydrogen) atoms. The number of benzene rings is 1. The fraction of sp³-hybridized carbons (Fsp3) is 0.588. The third-order valence-corrected chi connectivity index (χ3v) is 3.32. The van der Waals surface area contributed by atoms with Crippen LogP contribution in [-0.4, -0.2) is 32.3 Å². The van der Waals surface area contributed by atoms with Gasteiger partial charge in [0.05, 0.1) is 13.2 Å². The molecular weight excluding hydrogens is 262 g/mol. The van der Waals surface area contributed by atoms with Crippen molar-refractivity contribution >= 4 is 5.96 Å². The lowest BCUT2D eigenvalue weighted by Crippen LogP contribution is -2.39. The first-order chi connectivity index (χ1) is 10.1. The van der Waals surface area contributed by atoms with Gasteiger partial charge in [0.15, 0.2) is 5.96 Å². The van der Waals surface area contributed by atoms with E-state index in [4.69, 9.17) is 4.74 Å². The molecule has 0 amide bonds. The van der Waals surface area contributed by atoms with Crippen molar-refractivity contribution in [1.82, 2.24) is 10.6 Å². The predicted molar refractivity (Wildman–Crippen MR) is 90.0 cm³/mol. The molecule has 0 bridgehead atoms. The van der Waals surface area contributed by atoms with Crippen LogP contribution < -0.4 is 10.6 Å². The maximum absolute atomic E-state index is 5.33. The van der Waals surface area contributed by atoms with Gasteiger partial charge in [-0.2, -0.15) is 0 Å². The zero-order valence-electron chi connectivity index (χ0n) is 14.0. The van der Waals surface area contributed by atoms with Crippen LogP contribution in [0.5, 0.6) is 0 Å². The van der Waals surface area contributed by atoms with Crippen molar-refractivity contribution in [3.8, 4) is 0 Å². The molecule has 0 saturated carbocycles. The summed E-state index contributed by atoms with van der Waals surface area (Å²) in [6, 6.07) is 4.43. The lowest BCUT2D eigenvalue weighted by atomic mass is 10.00. The van der Waals surface area contributed by atoms with Crippen LogP contribution >= 0.6 is 0 Å². The molecule has 0 atom stereocenters. The highest BCUT2D eigenvalue weighted by Gasteiger charge is 2.04. The Bertz CT molecular complexity index is 446. The molecule has 4 nitrogen and oxygen atoms in total. The van der Waals surface area contributed by atoms with Crippen molar-refractivity contribution in [2.24, 2.45) is 4.99 Å². The summed E-state index contributed by atoms with van der Waals surface area (Å²) in [5.41, 5.74) is 5.23. The summed E-state index contributed by atoms with van der Waals surface area (Å²) >= 11 is 0. The highest BCUT2D eigenvalue weighted by Crippen LogP contribution is 2.17. The van der Waals surface area contributed by atoms with Gasteiger partial charge in [0.25, 0.3) is 0 Å². The zero-order chi connectivity index (χ0) is 15.7. The minimum Gasteiger partial charge on any atom is -0.380 e. The van der Waals surface area contributed by atoms with Gasteiger partial charge in [-0.25, -0.2) is 4.99 Å². The van der Waals surface area contributed by atoms with E-state index in [9.17, 15) is 0 Å². The van der Waals surface area contributed by atoms with Gasteiger partial charge in [-0.1, -0.05) is 17.7 Å². The largest absolute Gasteiger partial charge is 0.380 e. The first kappa shape index (κ1) is 17.5. The summed E-state index contributed by atoms with van der Waals surface area (Å²) in [5.74, 6) is 0.844. The van der Waals surface area contributed by atoms with E-state index in [1.807, 2.05) is 6.92 Å². The van der Waals surface area contributed by atoms with Crippen LogP contribution in [-0.2, 0) is 11.3 Å². The van der Waals surface area contributed by atoms with Gasteiger partial charge < -0.3 is 15.4 Å². The molecule has 0 heterocycles. The standard InChI is InChI=1S/C17H29N3O/c1-6-18-17(19-8-9-21-7-2)20-12-16-14(4)10-13(3)11-15(16)5/h10-11H,6-9,12H2,1-5H3,(H2,18,19,20). The number of aliphatic imine (C=N–C) groups is 1.